The van der Waals surface area contributed by atoms with Crippen molar-refractivity contribution < 1.29 is 0 Å². The van der Waals surface area contributed by atoms with E-state index in [0.29, 0.717) is 5.95 Å². The summed E-state index contributed by atoms with van der Waals surface area (Å²) in [4.78, 5) is 15.8. The van der Waals surface area contributed by atoms with E-state index >= 15 is 0 Å². The van der Waals surface area contributed by atoms with Gasteiger partial charge in [0.2, 0.25) is 5.95 Å². The zero-order valence-electron chi connectivity index (χ0n) is 54.6. The average Bonchev–Trinajstić information content (AvgIpc) is 1.62. The van der Waals surface area contributed by atoms with Gasteiger partial charge in [0.25, 0.3) is 0 Å². The minimum absolute atomic E-state index is 0.535. The fourth-order valence-corrected chi connectivity index (χ4v) is 14.5. The highest BCUT2D eigenvalue weighted by atomic mass is 15.3. The van der Waals surface area contributed by atoms with Gasteiger partial charge in [0.1, 0.15) is 0 Å². The monoisotopic (exact) mass is 1280 g/mol. The van der Waals surface area contributed by atoms with Crippen molar-refractivity contribution in [2.45, 2.75) is 0 Å². The van der Waals surface area contributed by atoms with Crippen molar-refractivity contribution in [2.75, 3.05) is 9.80 Å². The lowest BCUT2D eigenvalue weighted by molar-refractivity contribution is 1.09. The number of aromatic nitrogens is 4. The lowest BCUT2D eigenvalue weighted by Gasteiger charge is -2.26. The molecule has 0 fully saturated rings. The van der Waals surface area contributed by atoms with Crippen molar-refractivity contribution in [3.05, 3.63) is 388 Å². The molecule has 0 spiro atoms. The predicted octanol–water partition coefficient (Wildman–Crippen LogP) is 25.3. The molecule has 3 heterocycles. The second kappa shape index (κ2) is 25.6. The number of benzene rings is 15. The Balaban J connectivity index is 0.759. The second-order valence-corrected chi connectivity index (χ2v) is 25.4. The second-order valence-electron chi connectivity index (χ2n) is 25.4. The third kappa shape index (κ3) is 11.1. The molecule has 0 bridgehead atoms. The van der Waals surface area contributed by atoms with Crippen LogP contribution in [0.3, 0.4) is 0 Å². The number of nitrogens with zero attached hydrogens (tertiary/aromatic N) is 6. The van der Waals surface area contributed by atoms with Crippen LogP contribution in [0.2, 0.25) is 0 Å². The summed E-state index contributed by atoms with van der Waals surface area (Å²) in [5.41, 5.74) is 26.7. The number of hydrogen-bond donors (Lipinski definition) is 0. The zero-order chi connectivity index (χ0) is 66.3. The first-order valence-electron chi connectivity index (χ1n) is 34.0. The highest BCUT2D eigenvalue weighted by Crippen LogP contribution is 2.44. The van der Waals surface area contributed by atoms with E-state index < -0.39 is 0 Å². The lowest BCUT2D eigenvalue weighted by Crippen LogP contribution is -2.14. The molecule has 6 nitrogen and oxygen atoms in total. The first kappa shape index (κ1) is 59.1. The Morgan fingerprint density at radius 3 is 0.980 bits per heavy atom. The van der Waals surface area contributed by atoms with Gasteiger partial charge in [-0.2, -0.15) is 0 Å². The van der Waals surface area contributed by atoms with Crippen LogP contribution in [0, 0.1) is 0 Å². The number of anilines is 6. The third-order valence-corrected chi connectivity index (χ3v) is 19.3. The van der Waals surface area contributed by atoms with Gasteiger partial charge in [-0.25, -0.2) is 9.97 Å². The molecule has 470 valence electrons. The molecule has 100 heavy (non-hydrogen) atoms. The van der Waals surface area contributed by atoms with E-state index in [0.717, 1.165) is 118 Å². The van der Waals surface area contributed by atoms with Gasteiger partial charge in [0.15, 0.2) is 0 Å². The van der Waals surface area contributed by atoms with Crippen molar-refractivity contribution >= 4 is 78.0 Å². The highest BCUT2D eigenvalue weighted by Gasteiger charge is 2.23. The summed E-state index contributed by atoms with van der Waals surface area (Å²) < 4.78 is 4.73. The molecule has 0 saturated heterocycles. The Hall–Kier alpha value is -13.4. The van der Waals surface area contributed by atoms with Gasteiger partial charge in [-0.05, 0) is 207 Å². The Morgan fingerprint density at radius 1 is 0.180 bits per heavy atom. The van der Waals surface area contributed by atoms with Crippen molar-refractivity contribution in [1.29, 1.82) is 0 Å². The predicted molar refractivity (Wildman–Crippen MR) is 418 cm³/mol. The maximum Gasteiger partial charge on any atom is 0.235 e. The van der Waals surface area contributed by atoms with Crippen LogP contribution < -0.4 is 9.80 Å². The summed E-state index contributed by atoms with van der Waals surface area (Å²) in [5.74, 6) is 0.535. The van der Waals surface area contributed by atoms with E-state index in [-0.39, 0.29) is 0 Å². The van der Waals surface area contributed by atoms with Gasteiger partial charge in [-0.1, -0.05) is 237 Å². The maximum absolute atomic E-state index is 5.67. The molecule has 0 aliphatic carbocycles. The highest BCUT2D eigenvalue weighted by molar-refractivity contribution is 6.12. The number of hydrogen-bond acceptors (Lipinski definition) is 4. The number of rotatable bonds is 15. The molecule has 18 aromatic rings. The SMILES string of the molecule is c1ccc(-c2cc(-c3ccccc3)cc(-c3cccc(-c4cc(-c5cccc(N(c6ccccc6)c6ccc(-c7ccc8c(c7)c7ccccc7n8-c7ccccc7)cc6)c5)nc(N(c5ccccc5)c5ccc(-c6ccc7c(c6)c6ccccc6n7-c6ccccc6)cc5)n4)c3)c2)cc1. The van der Waals surface area contributed by atoms with Crippen LogP contribution >= 0.6 is 0 Å². The Bertz CT molecular complexity index is 5940. The molecule has 3 aromatic heterocycles. The van der Waals surface area contributed by atoms with Gasteiger partial charge in [-0.15, -0.1) is 0 Å². The molecule has 0 N–H and O–H groups in total. The molecule has 6 heteroatoms. The molecule has 0 aliphatic rings. The molecule has 0 atom stereocenters. The van der Waals surface area contributed by atoms with Crippen LogP contribution in [-0.4, -0.2) is 19.1 Å². The minimum atomic E-state index is 0.535. The number of para-hydroxylation sites is 6. The quantitative estimate of drug-likeness (QED) is 0.103. The maximum atomic E-state index is 5.67. The Kier molecular flexibility index (Phi) is 15.1. The van der Waals surface area contributed by atoms with Crippen LogP contribution in [-0.2, 0) is 0 Å². The molecule has 15 aromatic carbocycles. The third-order valence-electron chi connectivity index (χ3n) is 19.3. The van der Waals surface area contributed by atoms with Crippen LogP contribution in [0.15, 0.2) is 388 Å². The van der Waals surface area contributed by atoms with Gasteiger partial charge in [-0.3, -0.25) is 4.90 Å². The first-order valence-corrected chi connectivity index (χ1v) is 34.0. The van der Waals surface area contributed by atoms with E-state index in [9.17, 15) is 0 Å². The van der Waals surface area contributed by atoms with Crippen LogP contribution in [0.25, 0.3) is 133 Å². The minimum Gasteiger partial charge on any atom is -0.310 e. The average molecular weight is 1280 g/mol. The van der Waals surface area contributed by atoms with Crippen LogP contribution in [0.1, 0.15) is 0 Å². The first-order chi connectivity index (χ1) is 49.6. The molecule has 0 amide bonds. The molecule has 0 unspecified atom stereocenters. The molecule has 0 radical (unpaired) electrons. The van der Waals surface area contributed by atoms with E-state index in [1.807, 2.05) is 0 Å². The van der Waals surface area contributed by atoms with Crippen molar-refractivity contribution in [1.82, 2.24) is 19.1 Å². The summed E-state index contributed by atoms with van der Waals surface area (Å²) in [6.07, 6.45) is 0. The summed E-state index contributed by atoms with van der Waals surface area (Å²) in [6, 6.07) is 139. The molecular weight excluding hydrogens is 1210 g/mol. The zero-order valence-corrected chi connectivity index (χ0v) is 54.6. The Labute approximate surface area is 581 Å². The van der Waals surface area contributed by atoms with Crippen molar-refractivity contribution in [2.24, 2.45) is 0 Å². The molecule has 0 aliphatic heterocycles. The van der Waals surface area contributed by atoms with Crippen LogP contribution in [0.5, 0.6) is 0 Å². The van der Waals surface area contributed by atoms with Gasteiger partial charge >= 0.3 is 0 Å². The summed E-state index contributed by atoms with van der Waals surface area (Å²) in [7, 11) is 0. The summed E-state index contributed by atoms with van der Waals surface area (Å²) in [5, 5.41) is 4.87. The smallest absolute Gasteiger partial charge is 0.235 e. The fraction of sp³-hybridized carbons (Fsp3) is 0. The summed E-state index contributed by atoms with van der Waals surface area (Å²) >= 11 is 0. The molecular formula is C94H64N6. The van der Waals surface area contributed by atoms with Crippen molar-refractivity contribution in [3.8, 4) is 89.5 Å². The normalized spacial score (nSPS) is 11.4. The lowest BCUT2D eigenvalue weighted by atomic mass is 9.92. The Morgan fingerprint density at radius 2 is 0.490 bits per heavy atom. The fourth-order valence-electron chi connectivity index (χ4n) is 14.5. The van der Waals surface area contributed by atoms with Gasteiger partial charge in [0, 0.05) is 72.5 Å². The molecule has 0 saturated carbocycles. The van der Waals surface area contributed by atoms with Crippen molar-refractivity contribution in [3.63, 3.8) is 0 Å². The topological polar surface area (TPSA) is 42.1 Å². The molecule has 18 rings (SSSR count). The van der Waals surface area contributed by atoms with E-state index in [1.54, 1.807) is 0 Å². The number of fused-ring (bicyclic) bond motifs is 6. The summed E-state index contributed by atoms with van der Waals surface area (Å²) in [6.45, 7) is 0. The van der Waals surface area contributed by atoms with Crippen LogP contribution in [0.4, 0.5) is 34.4 Å². The standard InChI is InChI=1S/C94H64N6/c1-7-25-65(26-8-1)74-58-75(66-27-9-2-10-28-66)60-76(59-74)69-29-23-30-72(57-69)88-64-89(96-94(95-88)98(78-34-13-4-14-35-78)82-53-47-68(48-54-82)71-50-56-93-87(63-71)85-42-20-22-44-91(85)100(93)80-38-17-6-18-39-80)73-31-24-40-83(61-73)97(77-32-11-3-12-33-77)81-51-45-67(46-52-81)70-49-55-92-86(62-70)84-41-19-21-43-90(84)99(92)79-36-15-5-16-37-79/h1-64H. The van der Waals surface area contributed by atoms with E-state index in [4.69, 9.17) is 9.97 Å². The van der Waals surface area contributed by atoms with Gasteiger partial charge < -0.3 is 14.0 Å². The van der Waals surface area contributed by atoms with E-state index in [1.165, 1.54) is 43.6 Å². The van der Waals surface area contributed by atoms with E-state index in [2.05, 4.69) is 407 Å². The largest absolute Gasteiger partial charge is 0.310 e. The van der Waals surface area contributed by atoms with Gasteiger partial charge in [0.05, 0.1) is 33.5 Å².